The van der Waals surface area contributed by atoms with Gasteiger partial charge in [-0.1, -0.05) is 18.2 Å². The number of benzene rings is 2. The molecule has 0 radical (unpaired) electrons. The first kappa shape index (κ1) is 21.5. The van der Waals surface area contributed by atoms with Gasteiger partial charge in [-0.05, 0) is 61.0 Å². The van der Waals surface area contributed by atoms with E-state index in [4.69, 9.17) is 4.74 Å². The van der Waals surface area contributed by atoms with Crippen LogP contribution in [0, 0.1) is 0 Å². The van der Waals surface area contributed by atoms with Gasteiger partial charge in [-0.2, -0.15) is 0 Å². The highest BCUT2D eigenvalue weighted by Crippen LogP contribution is 2.16. The van der Waals surface area contributed by atoms with Gasteiger partial charge in [0.05, 0.1) is 11.0 Å². The molecule has 0 aliphatic carbocycles. The van der Waals surface area contributed by atoms with Crippen molar-refractivity contribution in [3.8, 4) is 0 Å². The van der Waals surface area contributed by atoms with Crippen LogP contribution in [0.15, 0.2) is 65.7 Å². The SMILES string of the molecule is O=C(NCCCn1ccc2ccccc21)c1ccc(S(=O)(=O)NC[C@@H]2CCCO2)cc1. The second kappa shape index (κ2) is 9.64. The van der Waals surface area contributed by atoms with Gasteiger partial charge in [0.1, 0.15) is 0 Å². The second-order valence-corrected chi connectivity index (χ2v) is 9.46. The van der Waals surface area contributed by atoms with Crippen LogP contribution in [0.2, 0.25) is 0 Å². The van der Waals surface area contributed by atoms with Gasteiger partial charge < -0.3 is 14.6 Å². The van der Waals surface area contributed by atoms with Gasteiger partial charge in [-0.3, -0.25) is 4.79 Å². The molecule has 7 nitrogen and oxygen atoms in total. The molecule has 31 heavy (non-hydrogen) atoms. The fourth-order valence-corrected chi connectivity index (χ4v) is 4.83. The molecule has 1 fully saturated rings. The van der Waals surface area contributed by atoms with Gasteiger partial charge in [0, 0.05) is 43.5 Å². The lowest BCUT2D eigenvalue weighted by atomic mass is 10.2. The monoisotopic (exact) mass is 441 g/mol. The number of para-hydroxylation sites is 1. The third-order valence-corrected chi connectivity index (χ3v) is 6.93. The maximum atomic E-state index is 12.4. The lowest BCUT2D eigenvalue weighted by Gasteiger charge is -2.12. The molecule has 164 valence electrons. The number of ether oxygens (including phenoxy) is 1. The molecule has 2 heterocycles. The van der Waals surface area contributed by atoms with Crippen molar-refractivity contribution < 1.29 is 17.9 Å². The van der Waals surface area contributed by atoms with Gasteiger partial charge in [0.25, 0.3) is 5.91 Å². The molecular weight excluding hydrogens is 414 g/mol. The zero-order valence-corrected chi connectivity index (χ0v) is 18.1. The third kappa shape index (κ3) is 5.33. The molecule has 1 aromatic heterocycles. The van der Waals surface area contributed by atoms with Crippen molar-refractivity contribution >= 4 is 26.8 Å². The number of carbonyl (C=O) groups is 1. The van der Waals surface area contributed by atoms with E-state index in [-0.39, 0.29) is 23.5 Å². The molecule has 0 saturated carbocycles. The maximum Gasteiger partial charge on any atom is 0.251 e. The summed E-state index contributed by atoms with van der Waals surface area (Å²) in [5.74, 6) is -0.214. The number of nitrogens with one attached hydrogen (secondary N) is 2. The molecule has 0 bridgehead atoms. The molecule has 1 aliphatic rings. The Kier molecular flexibility index (Phi) is 6.70. The number of hydrogen-bond donors (Lipinski definition) is 2. The van der Waals surface area contributed by atoms with E-state index in [0.717, 1.165) is 25.8 Å². The van der Waals surface area contributed by atoms with E-state index in [9.17, 15) is 13.2 Å². The van der Waals surface area contributed by atoms with Crippen molar-refractivity contribution in [3.63, 3.8) is 0 Å². The third-order valence-electron chi connectivity index (χ3n) is 5.49. The van der Waals surface area contributed by atoms with Crippen LogP contribution in [0.5, 0.6) is 0 Å². The maximum absolute atomic E-state index is 12.4. The van der Waals surface area contributed by atoms with Crippen LogP contribution < -0.4 is 10.0 Å². The zero-order valence-electron chi connectivity index (χ0n) is 17.3. The highest BCUT2D eigenvalue weighted by molar-refractivity contribution is 7.89. The highest BCUT2D eigenvalue weighted by Gasteiger charge is 2.20. The minimum atomic E-state index is -3.62. The van der Waals surface area contributed by atoms with Gasteiger partial charge in [0.2, 0.25) is 10.0 Å². The molecule has 3 aromatic rings. The minimum Gasteiger partial charge on any atom is -0.377 e. The van der Waals surface area contributed by atoms with E-state index in [1.165, 1.54) is 35.2 Å². The fourth-order valence-electron chi connectivity index (χ4n) is 3.77. The number of rotatable bonds is 9. The molecule has 1 aliphatic heterocycles. The van der Waals surface area contributed by atoms with E-state index in [0.29, 0.717) is 18.7 Å². The molecule has 2 N–H and O–H groups in total. The van der Waals surface area contributed by atoms with Crippen LogP contribution in [-0.4, -0.2) is 44.7 Å². The summed E-state index contributed by atoms with van der Waals surface area (Å²) in [5.41, 5.74) is 1.61. The molecule has 1 amide bonds. The Morgan fingerprint density at radius 2 is 1.90 bits per heavy atom. The number of sulfonamides is 1. The Balaban J connectivity index is 1.26. The van der Waals surface area contributed by atoms with Crippen molar-refractivity contribution in [1.29, 1.82) is 0 Å². The van der Waals surface area contributed by atoms with Crippen LogP contribution in [-0.2, 0) is 21.3 Å². The first-order valence-electron chi connectivity index (χ1n) is 10.6. The summed E-state index contributed by atoms with van der Waals surface area (Å²) in [4.78, 5) is 12.5. The first-order valence-corrected chi connectivity index (χ1v) is 12.0. The van der Waals surface area contributed by atoms with E-state index < -0.39 is 10.0 Å². The van der Waals surface area contributed by atoms with Crippen molar-refractivity contribution in [2.45, 2.75) is 36.8 Å². The number of amides is 1. The van der Waals surface area contributed by atoms with Crippen LogP contribution >= 0.6 is 0 Å². The van der Waals surface area contributed by atoms with Crippen molar-refractivity contribution in [1.82, 2.24) is 14.6 Å². The van der Waals surface area contributed by atoms with Crippen molar-refractivity contribution in [2.24, 2.45) is 0 Å². The molecule has 2 aromatic carbocycles. The molecule has 0 spiro atoms. The zero-order chi connectivity index (χ0) is 21.7. The summed E-state index contributed by atoms with van der Waals surface area (Å²) in [6.45, 7) is 2.29. The van der Waals surface area contributed by atoms with Crippen molar-refractivity contribution in [3.05, 3.63) is 66.4 Å². The second-order valence-electron chi connectivity index (χ2n) is 7.69. The van der Waals surface area contributed by atoms with Gasteiger partial charge >= 0.3 is 0 Å². The lowest BCUT2D eigenvalue weighted by molar-refractivity contribution is 0.0952. The predicted molar refractivity (Wildman–Crippen MR) is 119 cm³/mol. The molecule has 4 rings (SSSR count). The Bertz CT molecular complexity index is 1130. The van der Waals surface area contributed by atoms with Crippen LogP contribution in [0.3, 0.4) is 0 Å². The Hall–Kier alpha value is -2.68. The van der Waals surface area contributed by atoms with E-state index in [1.54, 1.807) is 0 Å². The predicted octanol–water partition coefficient (Wildman–Crippen LogP) is 2.92. The van der Waals surface area contributed by atoms with E-state index in [2.05, 4.69) is 39.0 Å². The normalized spacial score (nSPS) is 16.6. The summed E-state index contributed by atoms with van der Waals surface area (Å²) < 4.78 is 35.0. The van der Waals surface area contributed by atoms with E-state index in [1.807, 2.05) is 12.1 Å². The standard InChI is InChI=1S/C23H27N3O4S/c27-23(24-13-4-14-26-15-12-18-5-1-2-7-22(18)26)19-8-10-21(11-9-19)31(28,29)25-17-20-6-3-16-30-20/h1-2,5,7-12,15,20,25H,3-4,6,13-14,16-17H2,(H,24,27)/t20-/m0/s1. The van der Waals surface area contributed by atoms with Crippen LogP contribution in [0.1, 0.15) is 29.6 Å². The molecule has 1 atom stereocenters. The van der Waals surface area contributed by atoms with Gasteiger partial charge in [0.15, 0.2) is 0 Å². The molecule has 1 saturated heterocycles. The Morgan fingerprint density at radius 3 is 2.68 bits per heavy atom. The number of aryl methyl sites for hydroxylation is 1. The molecule has 8 heteroatoms. The summed E-state index contributed by atoms with van der Waals surface area (Å²) in [6, 6.07) is 16.3. The van der Waals surface area contributed by atoms with Gasteiger partial charge in [-0.25, -0.2) is 13.1 Å². The largest absolute Gasteiger partial charge is 0.377 e. The highest BCUT2D eigenvalue weighted by atomic mass is 32.2. The number of fused-ring (bicyclic) bond motifs is 1. The molecule has 0 unspecified atom stereocenters. The average molecular weight is 442 g/mol. The van der Waals surface area contributed by atoms with E-state index >= 15 is 0 Å². The first-order chi connectivity index (χ1) is 15.0. The topological polar surface area (TPSA) is 89.4 Å². The van der Waals surface area contributed by atoms with Crippen molar-refractivity contribution in [2.75, 3.05) is 19.7 Å². The van der Waals surface area contributed by atoms with Gasteiger partial charge in [-0.15, -0.1) is 0 Å². The molecular formula is C23H27N3O4S. The quantitative estimate of drug-likeness (QED) is 0.500. The summed E-state index contributed by atoms with van der Waals surface area (Å²) >= 11 is 0. The number of hydrogen-bond acceptors (Lipinski definition) is 4. The number of nitrogens with zero attached hydrogens (tertiary/aromatic N) is 1. The van der Waals surface area contributed by atoms with Crippen LogP contribution in [0.25, 0.3) is 10.9 Å². The van der Waals surface area contributed by atoms with Crippen LogP contribution in [0.4, 0.5) is 0 Å². The average Bonchev–Trinajstić information content (AvgIpc) is 3.45. The fraction of sp³-hybridized carbons (Fsp3) is 0.348. The number of carbonyl (C=O) groups excluding carboxylic acids is 1. The lowest BCUT2D eigenvalue weighted by Crippen LogP contribution is -2.32. The minimum absolute atomic E-state index is 0.0654. The summed E-state index contributed by atoms with van der Waals surface area (Å²) in [7, 11) is -3.62. The summed E-state index contributed by atoms with van der Waals surface area (Å²) in [6.07, 6.45) is 4.60. The Labute approximate surface area is 182 Å². The Morgan fingerprint density at radius 1 is 1.10 bits per heavy atom. The number of aromatic nitrogens is 1. The summed E-state index contributed by atoms with van der Waals surface area (Å²) in [5, 5.41) is 4.10. The smallest absolute Gasteiger partial charge is 0.251 e.